The van der Waals surface area contributed by atoms with E-state index in [-0.39, 0.29) is 0 Å². The summed E-state index contributed by atoms with van der Waals surface area (Å²) in [6.45, 7) is 0. The van der Waals surface area contributed by atoms with Gasteiger partial charge in [0.2, 0.25) is 0 Å². The monoisotopic (exact) mass is 350 g/mol. The van der Waals surface area contributed by atoms with E-state index in [1.54, 1.807) is 0 Å². The lowest BCUT2D eigenvalue weighted by atomic mass is 9.99. The predicted molar refractivity (Wildman–Crippen MR) is 113 cm³/mol. The van der Waals surface area contributed by atoms with Gasteiger partial charge in [-0.3, -0.25) is 0 Å². The Bertz CT molecular complexity index is 1210. The van der Waals surface area contributed by atoms with Gasteiger partial charge in [0.1, 0.15) is 11.2 Å². The zero-order valence-electron chi connectivity index (χ0n) is 14.6. The van der Waals surface area contributed by atoms with Gasteiger partial charge in [0.25, 0.3) is 0 Å². The maximum atomic E-state index is 6.00. The van der Waals surface area contributed by atoms with Crippen LogP contribution in [0.5, 0.6) is 0 Å². The third-order valence-corrected chi connectivity index (χ3v) is 4.72. The van der Waals surface area contributed by atoms with E-state index in [4.69, 9.17) is 4.42 Å². The number of nitrogens with one attached hydrogen (secondary N) is 2. The molecule has 1 heterocycles. The van der Waals surface area contributed by atoms with E-state index in [1.165, 1.54) is 5.56 Å². The van der Waals surface area contributed by atoms with E-state index >= 15 is 0 Å². The molecule has 2 N–H and O–H groups in total. The van der Waals surface area contributed by atoms with Crippen LogP contribution in [0.1, 0.15) is 0 Å². The maximum absolute atomic E-state index is 6.00. The lowest BCUT2D eigenvalue weighted by Gasteiger charge is -2.10. The van der Waals surface area contributed by atoms with Gasteiger partial charge in [-0.15, -0.1) is 0 Å². The predicted octanol–water partition coefficient (Wildman–Crippen LogP) is 6.69. The first kappa shape index (κ1) is 15.5. The minimum atomic E-state index is 0.918. The summed E-state index contributed by atoms with van der Waals surface area (Å²) in [7, 11) is 0. The van der Waals surface area contributed by atoms with E-state index in [9.17, 15) is 0 Å². The second-order valence-electron chi connectivity index (χ2n) is 6.47. The summed E-state index contributed by atoms with van der Waals surface area (Å²) in [5, 5.41) is 2.31. The fourth-order valence-electron chi connectivity index (χ4n) is 3.41. The Labute approximate surface area is 157 Å². The third-order valence-electron chi connectivity index (χ3n) is 4.72. The molecule has 0 saturated carbocycles. The van der Waals surface area contributed by atoms with Gasteiger partial charge >= 0.3 is 0 Å². The summed E-state index contributed by atoms with van der Waals surface area (Å²) in [6, 6.07) is 32.9. The Hall–Kier alpha value is -3.72. The van der Waals surface area contributed by atoms with Crippen molar-refractivity contribution in [1.82, 2.24) is 0 Å². The fraction of sp³-hybridized carbons (Fsp3) is 0. The van der Waals surface area contributed by atoms with Gasteiger partial charge in [-0.1, -0.05) is 60.7 Å². The molecule has 1 aromatic heterocycles. The van der Waals surface area contributed by atoms with E-state index in [0.717, 1.165) is 38.9 Å². The number of para-hydroxylation sites is 2. The first-order chi connectivity index (χ1) is 13.4. The number of hydrazine groups is 1. The van der Waals surface area contributed by atoms with Crippen molar-refractivity contribution >= 4 is 33.3 Å². The van der Waals surface area contributed by atoms with E-state index < -0.39 is 0 Å². The first-order valence-electron chi connectivity index (χ1n) is 8.96. The highest BCUT2D eigenvalue weighted by Gasteiger charge is 2.11. The van der Waals surface area contributed by atoms with Crippen LogP contribution >= 0.6 is 0 Å². The highest BCUT2D eigenvalue weighted by Crippen LogP contribution is 2.36. The molecule has 5 aromatic rings. The van der Waals surface area contributed by atoms with Crippen molar-refractivity contribution in [2.45, 2.75) is 0 Å². The Morgan fingerprint density at radius 3 is 2.00 bits per heavy atom. The Kier molecular flexibility index (Phi) is 3.76. The van der Waals surface area contributed by atoms with Crippen molar-refractivity contribution in [2.75, 3.05) is 10.9 Å². The Morgan fingerprint density at radius 1 is 0.519 bits per heavy atom. The molecule has 3 nitrogen and oxygen atoms in total. The summed E-state index contributed by atoms with van der Waals surface area (Å²) in [6.07, 6.45) is 0. The number of hydrogen-bond donors (Lipinski definition) is 2. The number of fused-ring (bicyclic) bond motifs is 3. The van der Waals surface area contributed by atoms with Gasteiger partial charge in [-0.2, -0.15) is 0 Å². The van der Waals surface area contributed by atoms with Crippen LogP contribution in [0.3, 0.4) is 0 Å². The molecule has 130 valence electrons. The smallest absolute Gasteiger partial charge is 0.136 e. The molecule has 27 heavy (non-hydrogen) atoms. The largest absolute Gasteiger partial charge is 0.456 e. The highest BCUT2D eigenvalue weighted by atomic mass is 16.3. The van der Waals surface area contributed by atoms with Gasteiger partial charge in [0.15, 0.2) is 0 Å². The Balaban J connectivity index is 1.48. The van der Waals surface area contributed by atoms with Gasteiger partial charge in [0, 0.05) is 10.8 Å². The van der Waals surface area contributed by atoms with Crippen LogP contribution in [0.25, 0.3) is 33.1 Å². The molecule has 0 amide bonds. The van der Waals surface area contributed by atoms with Crippen LogP contribution in [0.4, 0.5) is 11.4 Å². The molecule has 0 aliphatic rings. The standard InChI is InChI=1S/C24H18N2O/c1-2-7-18(8-3-1)25-26-19-15-13-17(14-16-19)20-10-6-12-23-24(20)21-9-4-5-11-22(21)27-23/h1-16,25-26H. The Morgan fingerprint density at radius 2 is 1.19 bits per heavy atom. The molecule has 4 aromatic carbocycles. The maximum Gasteiger partial charge on any atom is 0.136 e. The first-order valence-corrected chi connectivity index (χ1v) is 8.96. The van der Waals surface area contributed by atoms with Crippen LogP contribution in [-0.2, 0) is 0 Å². The van der Waals surface area contributed by atoms with E-state index in [2.05, 4.69) is 53.3 Å². The van der Waals surface area contributed by atoms with Crippen molar-refractivity contribution in [3.63, 3.8) is 0 Å². The van der Waals surface area contributed by atoms with Gasteiger partial charge in [-0.25, -0.2) is 0 Å². The summed E-state index contributed by atoms with van der Waals surface area (Å²) in [5.74, 6) is 0. The molecule has 0 bridgehead atoms. The number of hydrogen-bond acceptors (Lipinski definition) is 3. The zero-order valence-corrected chi connectivity index (χ0v) is 14.6. The summed E-state index contributed by atoms with van der Waals surface area (Å²) >= 11 is 0. The average molecular weight is 350 g/mol. The van der Waals surface area contributed by atoms with Crippen LogP contribution in [0, 0.1) is 0 Å². The molecule has 0 fully saturated rings. The molecule has 0 radical (unpaired) electrons. The molecule has 0 aliphatic heterocycles. The second kappa shape index (κ2) is 6.54. The summed E-state index contributed by atoms with van der Waals surface area (Å²) in [5.41, 5.74) is 12.7. The second-order valence-corrected chi connectivity index (χ2v) is 6.47. The van der Waals surface area contributed by atoms with Gasteiger partial charge in [-0.05, 0) is 47.5 Å². The number of rotatable bonds is 4. The average Bonchev–Trinajstić information content (AvgIpc) is 3.12. The SMILES string of the molecule is c1ccc(NNc2ccc(-c3cccc4oc5ccccc5c34)cc2)cc1. The molecule has 0 aliphatic carbocycles. The molecular formula is C24H18N2O. The van der Waals surface area contributed by atoms with Crippen molar-refractivity contribution in [3.8, 4) is 11.1 Å². The van der Waals surface area contributed by atoms with Crippen molar-refractivity contribution in [1.29, 1.82) is 0 Å². The quantitative estimate of drug-likeness (QED) is 0.354. The highest BCUT2D eigenvalue weighted by molar-refractivity contribution is 6.12. The molecular weight excluding hydrogens is 332 g/mol. The zero-order chi connectivity index (χ0) is 18.1. The molecule has 0 spiro atoms. The van der Waals surface area contributed by atoms with E-state index in [1.807, 2.05) is 54.6 Å². The normalized spacial score (nSPS) is 11.0. The summed E-state index contributed by atoms with van der Waals surface area (Å²) < 4.78 is 6.00. The van der Waals surface area contributed by atoms with Crippen LogP contribution < -0.4 is 10.9 Å². The molecule has 0 atom stereocenters. The number of anilines is 2. The number of benzene rings is 4. The fourth-order valence-corrected chi connectivity index (χ4v) is 3.41. The minimum Gasteiger partial charge on any atom is -0.456 e. The molecule has 0 saturated heterocycles. The molecule has 5 rings (SSSR count). The minimum absolute atomic E-state index is 0.918. The van der Waals surface area contributed by atoms with E-state index in [0.29, 0.717) is 0 Å². The number of furan rings is 1. The molecule has 0 unspecified atom stereocenters. The van der Waals surface area contributed by atoms with Gasteiger partial charge < -0.3 is 15.3 Å². The van der Waals surface area contributed by atoms with Crippen LogP contribution in [0.2, 0.25) is 0 Å². The van der Waals surface area contributed by atoms with Crippen molar-refractivity contribution in [2.24, 2.45) is 0 Å². The van der Waals surface area contributed by atoms with Crippen LogP contribution in [0.15, 0.2) is 101 Å². The van der Waals surface area contributed by atoms with Crippen molar-refractivity contribution < 1.29 is 4.42 Å². The third kappa shape index (κ3) is 2.89. The lowest BCUT2D eigenvalue weighted by molar-refractivity contribution is 0.669. The molecule has 3 heteroatoms. The topological polar surface area (TPSA) is 37.2 Å². The van der Waals surface area contributed by atoms with Crippen molar-refractivity contribution in [3.05, 3.63) is 97.1 Å². The summed E-state index contributed by atoms with van der Waals surface area (Å²) in [4.78, 5) is 0. The lowest BCUT2D eigenvalue weighted by Crippen LogP contribution is -2.07. The van der Waals surface area contributed by atoms with Crippen LogP contribution in [-0.4, -0.2) is 0 Å². The van der Waals surface area contributed by atoms with Gasteiger partial charge in [0.05, 0.1) is 11.4 Å².